The molecule has 3 aromatic heterocycles. The van der Waals surface area contributed by atoms with Gasteiger partial charge in [0, 0.05) is 17.7 Å². The van der Waals surface area contributed by atoms with Gasteiger partial charge >= 0.3 is 5.97 Å². The summed E-state index contributed by atoms with van der Waals surface area (Å²) in [6.45, 7) is 2.01. The van der Waals surface area contributed by atoms with Gasteiger partial charge in [-0.3, -0.25) is 0 Å². The van der Waals surface area contributed by atoms with Crippen molar-refractivity contribution in [3.8, 4) is 0 Å². The van der Waals surface area contributed by atoms with Crippen molar-refractivity contribution in [2.24, 2.45) is 0 Å². The molecule has 0 amide bonds. The molecule has 1 fully saturated rings. The summed E-state index contributed by atoms with van der Waals surface area (Å²) >= 11 is 0. The maximum absolute atomic E-state index is 11.7. The quantitative estimate of drug-likeness (QED) is 0.741. The summed E-state index contributed by atoms with van der Waals surface area (Å²) in [7, 11) is 1.31. The minimum atomic E-state index is -0.944. The molecule has 0 radical (unpaired) electrons. The zero-order valence-electron chi connectivity index (χ0n) is 14.1. The predicted octanol–water partition coefficient (Wildman–Crippen LogP) is 2.78. The molecule has 0 bridgehead atoms. The SMILES string of the molecule is COC(=O)c1cccc(C(O)c2c(C3CC3)nn3cc(C)ccc23)n1. The Labute approximate surface area is 145 Å². The summed E-state index contributed by atoms with van der Waals surface area (Å²) in [6, 6.07) is 8.96. The van der Waals surface area contributed by atoms with Crippen LogP contribution in [0.1, 0.15) is 57.9 Å². The van der Waals surface area contributed by atoms with Crippen LogP contribution in [-0.4, -0.2) is 32.8 Å². The zero-order chi connectivity index (χ0) is 17.6. The molecule has 6 nitrogen and oxygen atoms in total. The normalized spacial score (nSPS) is 15.3. The van der Waals surface area contributed by atoms with Crippen LogP contribution in [0.5, 0.6) is 0 Å². The highest BCUT2D eigenvalue weighted by Crippen LogP contribution is 2.44. The van der Waals surface area contributed by atoms with Gasteiger partial charge < -0.3 is 9.84 Å². The van der Waals surface area contributed by atoms with Gasteiger partial charge in [-0.05, 0) is 43.5 Å². The first-order valence-electron chi connectivity index (χ1n) is 8.30. The number of pyridine rings is 2. The number of carbonyl (C=O) groups is 1. The van der Waals surface area contributed by atoms with Gasteiger partial charge in [0.05, 0.1) is 24.0 Å². The summed E-state index contributed by atoms with van der Waals surface area (Å²) in [6.07, 6.45) is 3.17. The molecule has 1 N–H and O–H groups in total. The third-order valence-electron chi connectivity index (χ3n) is 4.53. The van der Waals surface area contributed by atoms with Gasteiger partial charge in [-0.25, -0.2) is 14.3 Å². The lowest BCUT2D eigenvalue weighted by molar-refractivity contribution is 0.0593. The number of carbonyl (C=O) groups excluding carboxylic acids is 1. The topological polar surface area (TPSA) is 76.7 Å². The van der Waals surface area contributed by atoms with Crippen molar-refractivity contribution in [1.82, 2.24) is 14.6 Å². The van der Waals surface area contributed by atoms with E-state index < -0.39 is 12.1 Å². The number of fused-ring (bicyclic) bond motifs is 1. The molecule has 1 unspecified atom stereocenters. The average Bonchev–Trinajstić information content (AvgIpc) is 3.41. The summed E-state index contributed by atoms with van der Waals surface area (Å²) in [5, 5.41) is 15.7. The van der Waals surface area contributed by atoms with Crippen molar-refractivity contribution in [2.45, 2.75) is 31.8 Å². The van der Waals surface area contributed by atoms with Gasteiger partial charge in [-0.2, -0.15) is 5.10 Å². The Hall–Kier alpha value is -2.73. The number of ether oxygens (including phenoxy) is 1. The number of aryl methyl sites for hydroxylation is 1. The maximum Gasteiger partial charge on any atom is 0.356 e. The van der Waals surface area contributed by atoms with E-state index in [0.29, 0.717) is 11.6 Å². The molecule has 1 aliphatic carbocycles. The Kier molecular flexibility index (Phi) is 3.77. The van der Waals surface area contributed by atoms with Crippen molar-refractivity contribution in [3.63, 3.8) is 0 Å². The first-order chi connectivity index (χ1) is 12.1. The summed E-state index contributed by atoms with van der Waals surface area (Å²) < 4.78 is 6.54. The second-order valence-corrected chi connectivity index (χ2v) is 6.45. The van der Waals surface area contributed by atoms with E-state index in [9.17, 15) is 9.90 Å². The summed E-state index contributed by atoms with van der Waals surface area (Å²) in [5.74, 6) is -0.138. The minimum absolute atomic E-state index is 0.180. The molecule has 25 heavy (non-hydrogen) atoms. The molecule has 0 saturated heterocycles. The summed E-state index contributed by atoms with van der Waals surface area (Å²) in [5.41, 5.74) is 4.26. The van der Waals surface area contributed by atoms with Crippen LogP contribution < -0.4 is 0 Å². The van der Waals surface area contributed by atoms with Crippen molar-refractivity contribution < 1.29 is 14.6 Å². The molecule has 1 atom stereocenters. The van der Waals surface area contributed by atoms with Crippen molar-refractivity contribution in [3.05, 3.63) is 64.7 Å². The van der Waals surface area contributed by atoms with Gasteiger partial charge in [0.25, 0.3) is 0 Å². The smallest absolute Gasteiger partial charge is 0.356 e. The standard InChI is InChI=1S/C19H19N3O3/c1-11-6-9-15-16(17(12-7-8-12)21-22(15)10-11)18(23)13-4-3-5-14(20-13)19(24)25-2/h3-6,9-10,12,18,23H,7-8H2,1-2H3. The molecule has 0 aromatic carbocycles. The van der Waals surface area contributed by atoms with Crippen LogP contribution in [0.4, 0.5) is 0 Å². The Morgan fingerprint density at radius 2 is 2.12 bits per heavy atom. The monoisotopic (exact) mass is 337 g/mol. The molecular formula is C19H19N3O3. The number of methoxy groups -OCH3 is 1. The zero-order valence-corrected chi connectivity index (χ0v) is 14.1. The second kappa shape index (κ2) is 5.97. The second-order valence-electron chi connectivity index (χ2n) is 6.45. The van der Waals surface area contributed by atoms with Crippen LogP contribution in [0.2, 0.25) is 0 Å². The first kappa shape index (κ1) is 15.8. The Bertz CT molecular complexity index is 960. The first-order valence-corrected chi connectivity index (χ1v) is 8.30. The lowest BCUT2D eigenvalue weighted by Crippen LogP contribution is -2.10. The highest BCUT2D eigenvalue weighted by Gasteiger charge is 2.33. The minimum Gasteiger partial charge on any atom is -0.464 e. The van der Waals surface area contributed by atoms with E-state index in [-0.39, 0.29) is 5.69 Å². The van der Waals surface area contributed by atoms with Crippen LogP contribution in [0.3, 0.4) is 0 Å². The molecule has 128 valence electrons. The lowest BCUT2D eigenvalue weighted by Gasteiger charge is -2.12. The maximum atomic E-state index is 11.7. The van der Waals surface area contributed by atoms with Gasteiger partial charge in [0.2, 0.25) is 0 Å². The molecule has 1 saturated carbocycles. The van der Waals surface area contributed by atoms with Gasteiger partial charge in [0.15, 0.2) is 0 Å². The highest BCUT2D eigenvalue weighted by molar-refractivity contribution is 5.87. The molecule has 1 aliphatic rings. The molecule has 3 aromatic rings. The lowest BCUT2D eigenvalue weighted by atomic mass is 10.0. The summed E-state index contributed by atoms with van der Waals surface area (Å²) in [4.78, 5) is 16.0. The van der Waals surface area contributed by atoms with Crippen molar-refractivity contribution in [2.75, 3.05) is 7.11 Å². The number of aliphatic hydroxyl groups excluding tert-OH is 1. The van der Waals surface area contributed by atoms with Gasteiger partial charge in [-0.1, -0.05) is 12.1 Å². The van der Waals surface area contributed by atoms with E-state index in [1.807, 2.05) is 29.8 Å². The van der Waals surface area contributed by atoms with Gasteiger partial charge in [-0.15, -0.1) is 0 Å². The van der Waals surface area contributed by atoms with E-state index in [1.165, 1.54) is 7.11 Å². The molecule has 6 heteroatoms. The highest BCUT2D eigenvalue weighted by atomic mass is 16.5. The Balaban J connectivity index is 1.83. The number of aromatic nitrogens is 3. The van der Waals surface area contributed by atoms with E-state index in [0.717, 1.165) is 35.2 Å². The van der Waals surface area contributed by atoms with E-state index in [4.69, 9.17) is 9.84 Å². The third-order valence-corrected chi connectivity index (χ3v) is 4.53. The molecule has 4 rings (SSSR count). The molecular weight excluding hydrogens is 318 g/mol. The number of rotatable bonds is 4. The molecule has 3 heterocycles. The van der Waals surface area contributed by atoms with E-state index >= 15 is 0 Å². The predicted molar refractivity (Wildman–Crippen MR) is 91.5 cm³/mol. The van der Waals surface area contributed by atoms with E-state index in [2.05, 4.69) is 4.98 Å². The third kappa shape index (κ3) is 2.78. The average molecular weight is 337 g/mol. The number of esters is 1. The van der Waals surface area contributed by atoms with Crippen LogP contribution in [0.25, 0.3) is 5.52 Å². The number of hydrogen-bond acceptors (Lipinski definition) is 5. The number of aliphatic hydroxyl groups is 1. The van der Waals surface area contributed by atoms with E-state index in [1.54, 1.807) is 18.2 Å². The van der Waals surface area contributed by atoms with Crippen LogP contribution in [0.15, 0.2) is 36.5 Å². The van der Waals surface area contributed by atoms with Crippen molar-refractivity contribution in [1.29, 1.82) is 0 Å². The largest absolute Gasteiger partial charge is 0.464 e. The van der Waals surface area contributed by atoms with Gasteiger partial charge in [0.1, 0.15) is 11.8 Å². The van der Waals surface area contributed by atoms with Crippen LogP contribution >= 0.6 is 0 Å². The molecule has 0 aliphatic heterocycles. The van der Waals surface area contributed by atoms with Crippen molar-refractivity contribution >= 4 is 11.5 Å². The fourth-order valence-corrected chi connectivity index (χ4v) is 3.10. The number of hydrogen-bond donors (Lipinski definition) is 1. The fourth-order valence-electron chi connectivity index (χ4n) is 3.10. The Morgan fingerprint density at radius 3 is 2.84 bits per heavy atom. The fraction of sp³-hybridized carbons (Fsp3) is 0.316. The number of nitrogens with zero attached hydrogens (tertiary/aromatic N) is 3. The van der Waals surface area contributed by atoms with Crippen LogP contribution in [-0.2, 0) is 4.74 Å². The molecule has 0 spiro atoms. The Morgan fingerprint density at radius 1 is 1.32 bits per heavy atom. The van der Waals surface area contributed by atoms with Crippen LogP contribution in [0, 0.1) is 6.92 Å².